The molecule has 0 radical (unpaired) electrons. The highest BCUT2D eigenvalue weighted by molar-refractivity contribution is 4.85. The van der Waals surface area contributed by atoms with E-state index in [4.69, 9.17) is 0 Å². The smallest absolute Gasteiger partial charge is 0.0945 e. The first-order valence-corrected chi connectivity index (χ1v) is 7.47. The molecule has 1 saturated heterocycles. The average Bonchev–Trinajstić information content (AvgIpc) is 2.72. The van der Waals surface area contributed by atoms with E-state index in [2.05, 4.69) is 40.5 Å². The minimum atomic E-state index is 0.340. The molecule has 108 valence electrons. The molecule has 0 aliphatic carbocycles. The molecule has 1 aromatic heterocycles. The van der Waals surface area contributed by atoms with Gasteiger partial charge in [-0.15, -0.1) is 0 Å². The lowest BCUT2D eigenvalue weighted by Gasteiger charge is -2.33. The minimum absolute atomic E-state index is 0.340. The quantitative estimate of drug-likeness (QED) is 0.903. The highest BCUT2D eigenvalue weighted by Gasteiger charge is 2.27. The van der Waals surface area contributed by atoms with Crippen LogP contribution in [0.25, 0.3) is 0 Å². The van der Waals surface area contributed by atoms with Crippen LogP contribution >= 0.6 is 0 Å². The number of aromatic nitrogens is 2. The number of imidazole rings is 1. The summed E-state index contributed by atoms with van der Waals surface area (Å²) in [5.74, 6) is 0. The molecule has 0 amide bonds. The Balaban J connectivity index is 1.78. The van der Waals surface area contributed by atoms with E-state index >= 15 is 0 Å². The first-order valence-electron chi connectivity index (χ1n) is 7.47. The predicted molar refractivity (Wildman–Crippen MR) is 79.1 cm³/mol. The second-order valence-electron chi connectivity index (χ2n) is 6.68. The van der Waals surface area contributed by atoms with Gasteiger partial charge in [0, 0.05) is 31.5 Å². The maximum absolute atomic E-state index is 4.09. The molecule has 1 N–H and O–H groups in total. The van der Waals surface area contributed by atoms with E-state index in [1.807, 2.05) is 18.7 Å². The standard InChI is InChI=1S/C15H28N4/c1-15(2,3)14-12-18(8-4-6-17-14)9-5-10-19-11-7-16-13-19/h7,11,13-14,17H,4-6,8-10,12H2,1-3H3. The molecular weight excluding hydrogens is 236 g/mol. The predicted octanol–water partition coefficient (Wildman–Crippen LogP) is 1.98. The van der Waals surface area contributed by atoms with E-state index in [0.29, 0.717) is 11.5 Å². The molecule has 2 rings (SSSR count). The number of aryl methyl sites for hydroxylation is 1. The van der Waals surface area contributed by atoms with E-state index in [1.54, 1.807) is 0 Å². The zero-order valence-corrected chi connectivity index (χ0v) is 12.6. The van der Waals surface area contributed by atoms with Crippen LogP contribution in [0.3, 0.4) is 0 Å². The number of hydrogen-bond donors (Lipinski definition) is 1. The van der Waals surface area contributed by atoms with Gasteiger partial charge >= 0.3 is 0 Å². The molecule has 0 bridgehead atoms. The maximum atomic E-state index is 4.09. The minimum Gasteiger partial charge on any atom is -0.337 e. The van der Waals surface area contributed by atoms with Crippen molar-refractivity contribution in [1.82, 2.24) is 19.8 Å². The summed E-state index contributed by atoms with van der Waals surface area (Å²) in [6.07, 6.45) is 8.26. The Bertz CT molecular complexity index is 353. The molecule has 1 aliphatic heterocycles. The third kappa shape index (κ3) is 4.62. The van der Waals surface area contributed by atoms with Gasteiger partial charge in [0.25, 0.3) is 0 Å². The summed E-state index contributed by atoms with van der Waals surface area (Å²) in [6, 6.07) is 0.600. The van der Waals surface area contributed by atoms with Crippen LogP contribution in [0.15, 0.2) is 18.7 Å². The van der Waals surface area contributed by atoms with Crippen molar-refractivity contribution in [3.8, 4) is 0 Å². The van der Waals surface area contributed by atoms with E-state index in [9.17, 15) is 0 Å². The molecule has 2 heterocycles. The molecule has 0 spiro atoms. The van der Waals surface area contributed by atoms with Crippen LogP contribution in [-0.4, -0.2) is 46.7 Å². The summed E-state index contributed by atoms with van der Waals surface area (Å²) in [6.45, 7) is 12.8. The summed E-state index contributed by atoms with van der Waals surface area (Å²) in [5, 5.41) is 3.70. The van der Waals surface area contributed by atoms with Gasteiger partial charge in [-0.25, -0.2) is 4.98 Å². The lowest BCUT2D eigenvalue weighted by molar-refractivity contribution is 0.194. The number of nitrogens with zero attached hydrogens (tertiary/aromatic N) is 3. The third-order valence-electron chi connectivity index (χ3n) is 3.98. The first-order chi connectivity index (χ1) is 9.05. The zero-order chi connectivity index (χ0) is 13.7. The van der Waals surface area contributed by atoms with Crippen LogP contribution in [0.1, 0.15) is 33.6 Å². The fraction of sp³-hybridized carbons (Fsp3) is 0.800. The molecule has 4 nitrogen and oxygen atoms in total. The molecule has 0 saturated carbocycles. The zero-order valence-electron chi connectivity index (χ0n) is 12.6. The summed E-state index contributed by atoms with van der Waals surface area (Å²) >= 11 is 0. The van der Waals surface area contributed by atoms with Gasteiger partial charge in [-0.05, 0) is 37.9 Å². The molecule has 1 aliphatic rings. The molecule has 1 unspecified atom stereocenters. The van der Waals surface area contributed by atoms with E-state index in [-0.39, 0.29) is 0 Å². The molecule has 19 heavy (non-hydrogen) atoms. The van der Waals surface area contributed by atoms with Gasteiger partial charge < -0.3 is 14.8 Å². The summed E-state index contributed by atoms with van der Waals surface area (Å²) in [7, 11) is 0. The SMILES string of the molecule is CC(C)(C)C1CN(CCCn2ccnc2)CCCN1. The van der Waals surface area contributed by atoms with Crippen LogP contribution in [0.4, 0.5) is 0 Å². The van der Waals surface area contributed by atoms with Gasteiger partial charge in [0.1, 0.15) is 0 Å². The van der Waals surface area contributed by atoms with E-state index < -0.39 is 0 Å². The molecule has 1 atom stereocenters. The average molecular weight is 264 g/mol. The van der Waals surface area contributed by atoms with Crippen LogP contribution in [0.5, 0.6) is 0 Å². The van der Waals surface area contributed by atoms with Crippen molar-refractivity contribution in [3.05, 3.63) is 18.7 Å². The highest BCUT2D eigenvalue weighted by atomic mass is 15.2. The Hall–Kier alpha value is -0.870. The van der Waals surface area contributed by atoms with Gasteiger partial charge in [-0.1, -0.05) is 20.8 Å². The highest BCUT2D eigenvalue weighted by Crippen LogP contribution is 2.21. The van der Waals surface area contributed by atoms with Gasteiger partial charge in [-0.2, -0.15) is 0 Å². The maximum Gasteiger partial charge on any atom is 0.0945 e. The van der Waals surface area contributed by atoms with Crippen molar-refractivity contribution in [2.45, 2.75) is 46.2 Å². The summed E-state index contributed by atoms with van der Waals surface area (Å²) in [5.41, 5.74) is 0.340. The second kappa shape index (κ2) is 6.53. The van der Waals surface area contributed by atoms with Gasteiger partial charge in [-0.3, -0.25) is 0 Å². The number of rotatable bonds is 4. The Kier molecular flexibility index (Phi) is 4.99. The van der Waals surface area contributed by atoms with Crippen molar-refractivity contribution >= 4 is 0 Å². The topological polar surface area (TPSA) is 33.1 Å². The number of nitrogens with one attached hydrogen (secondary N) is 1. The molecule has 1 aromatic rings. The van der Waals surface area contributed by atoms with Crippen molar-refractivity contribution in [2.24, 2.45) is 5.41 Å². The molecular formula is C15H28N4. The van der Waals surface area contributed by atoms with E-state index in [1.165, 1.54) is 32.5 Å². The summed E-state index contributed by atoms with van der Waals surface area (Å²) < 4.78 is 2.16. The van der Waals surface area contributed by atoms with Crippen molar-refractivity contribution in [3.63, 3.8) is 0 Å². The normalized spacial score (nSPS) is 22.4. The Morgan fingerprint density at radius 3 is 2.84 bits per heavy atom. The Morgan fingerprint density at radius 1 is 1.32 bits per heavy atom. The van der Waals surface area contributed by atoms with Crippen molar-refractivity contribution in [2.75, 3.05) is 26.2 Å². The lowest BCUT2D eigenvalue weighted by atomic mass is 9.86. The lowest BCUT2D eigenvalue weighted by Crippen LogP contribution is -2.46. The molecule has 0 aromatic carbocycles. The molecule has 1 fully saturated rings. The van der Waals surface area contributed by atoms with Crippen molar-refractivity contribution in [1.29, 1.82) is 0 Å². The fourth-order valence-electron chi connectivity index (χ4n) is 2.67. The van der Waals surface area contributed by atoms with Crippen LogP contribution < -0.4 is 5.32 Å². The van der Waals surface area contributed by atoms with E-state index in [0.717, 1.165) is 13.1 Å². The number of hydrogen-bond acceptors (Lipinski definition) is 3. The van der Waals surface area contributed by atoms with Gasteiger partial charge in [0.15, 0.2) is 0 Å². The van der Waals surface area contributed by atoms with Gasteiger partial charge in [0.2, 0.25) is 0 Å². The Morgan fingerprint density at radius 2 is 2.16 bits per heavy atom. The Labute approximate surface area is 117 Å². The van der Waals surface area contributed by atoms with Crippen LogP contribution in [0, 0.1) is 5.41 Å². The fourth-order valence-corrected chi connectivity index (χ4v) is 2.67. The van der Waals surface area contributed by atoms with Crippen molar-refractivity contribution < 1.29 is 0 Å². The van der Waals surface area contributed by atoms with Crippen LogP contribution in [-0.2, 0) is 6.54 Å². The second-order valence-corrected chi connectivity index (χ2v) is 6.68. The largest absolute Gasteiger partial charge is 0.337 e. The first kappa shape index (κ1) is 14.5. The molecule has 4 heteroatoms. The van der Waals surface area contributed by atoms with Crippen LogP contribution in [0.2, 0.25) is 0 Å². The van der Waals surface area contributed by atoms with Gasteiger partial charge in [0.05, 0.1) is 6.33 Å². The third-order valence-corrected chi connectivity index (χ3v) is 3.98. The monoisotopic (exact) mass is 264 g/mol. The summed E-state index contributed by atoms with van der Waals surface area (Å²) in [4.78, 5) is 6.70.